The topological polar surface area (TPSA) is 441 Å². The zero-order valence-corrected chi connectivity index (χ0v) is 48.8. The van der Waals surface area contributed by atoms with E-state index in [1.807, 2.05) is 0 Å². The molecule has 458 valence electrons. The quantitative estimate of drug-likeness (QED) is 0.0169. The number of aliphatic imine (C=N–C) groups is 3. The lowest BCUT2D eigenvalue weighted by Gasteiger charge is -2.21. The van der Waals surface area contributed by atoms with E-state index in [0.29, 0.717) is 60.4 Å². The van der Waals surface area contributed by atoms with Gasteiger partial charge in [0.2, 0.25) is 0 Å². The van der Waals surface area contributed by atoms with Crippen molar-refractivity contribution in [1.82, 2.24) is 21.3 Å². The van der Waals surface area contributed by atoms with E-state index in [1.165, 1.54) is 65.7 Å². The first-order valence-electron chi connectivity index (χ1n) is 27.4. The predicted molar refractivity (Wildman–Crippen MR) is 322 cm³/mol. The highest BCUT2D eigenvalue weighted by Crippen LogP contribution is 2.26. The second kappa shape index (κ2) is 34.8. The number of benzene rings is 4. The van der Waals surface area contributed by atoms with Crippen molar-refractivity contribution in [2.75, 3.05) is 61.2 Å². The average molecular weight is 1180 g/mol. The first-order valence-corrected chi connectivity index (χ1v) is 27.4. The fraction of sp³-hybridized carbons (Fsp3) is 0.407. The summed E-state index contributed by atoms with van der Waals surface area (Å²) in [6, 6.07) is 15.3. The molecule has 4 rings (SSSR count). The van der Waals surface area contributed by atoms with E-state index < -0.39 is 59.1 Å². The number of carbonyl (C=O) groups excluding carboxylic acids is 8. The summed E-state index contributed by atoms with van der Waals surface area (Å²) >= 11 is 0. The highest BCUT2D eigenvalue weighted by Gasteiger charge is 2.29. The van der Waals surface area contributed by atoms with Crippen LogP contribution in [0.1, 0.15) is 116 Å². The van der Waals surface area contributed by atoms with Crippen LogP contribution < -0.4 is 80.4 Å². The molecule has 0 bridgehead atoms. The molecule has 4 aromatic carbocycles. The number of carbonyl (C=O) groups is 8. The normalized spacial score (nSPS) is 11.7. The van der Waals surface area contributed by atoms with Gasteiger partial charge in [-0.3, -0.25) is 53.3 Å². The van der Waals surface area contributed by atoms with Crippen LogP contribution >= 0.6 is 0 Å². The van der Waals surface area contributed by atoms with Crippen LogP contribution in [0.5, 0.6) is 23.0 Å². The smallest absolute Gasteiger partial charge is 0.255 e. The average Bonchev–Trinajstić information content (AvgIpc) is 3.45. The minimum Gasteiger partial charge on any atom is -0.496 e. The molecule has 26 heteroatoms. The van der Waals surface area contributed by atoms with Gasteiger partial charge in [0, 0.05) is 51.9 Å². The Bertz CT molecular complexity index is 3100. The Morgan fingerprint density at radius 2 is 0.706 bits per heavy atom. The molecule has 0 aliphatic carbocycles. The Kier molecular flexibility index (Phi) is 27.8. The summed E-state index contributed by atoms with van der Waals surface area (Å²) < 4.78 is 22.0. The molecule has 0 saturated heterocycles. The van der Waals surface area contributed by atoms with Gasteiger partial charge in [0.1, 0.15) is 28.8 Å². The van der Waals surface area contributed by atoms with E-state index in [1.54, 1.807) is 42.5 Å². The Morgan fingerprint density at radius 1 is 0.424 bits per heavy atom. The van der Waals surface area contributed by atoms with E-state index in [2.05, 4.69) is 36.2 Å². The molecule has 0 radical (unpaired) electrons. The number of hydrogen-bond donors (Lipinski definition) is 11. The van der Waals surface area contributed by atoms with Crippen molar-refractivity contribution >= 4 is 64.6 Å². The highest BCUT2D eigenvalue weighted by molar-refractivity contribution is 6.04. The van der Waals surface area contributed by atoms with Crippen LogP contribution in [0.4, 0.5) is 0 Å². The minimum absolute atomic E-state index is 0.00527. The highest BCUT2D eigenvalue weighted by atomic mass is 16.5. The first-order chi connectivity index (χ1) is 40.6. The third-order valence-electron chi connectivity index (χ3n) is 13.2. The number of ether oxygens (including phenoxy) is 4. The van der Waals surface area contributed by atoms with Crippen molar-refractivity contribution < 1.29 is 57.3 Å². The summed E-state index contributed by atoms with van der Waals surface area (Å²) in [5, 5.41) is 11.2. The van der Waals surface area contributed by atoms with Crippen LogP contribution in [0.15, 0.2) is 87.8 Å². The number of nitrogens with one attached hydrogen (secondary N) is 4. The van der Waals surface area contributed by atoms with Gasteiger partial charge in [0.25, 0.3) is 23.6 Å². The summed E-state index contributed by atoms with van der Waals surface area (Å²) in [5.74, 6) is -3.59. The summed E-state index contributed by atoms with van der Waals surface area (Å²) in [6.45, 7) is 2.57. The van der Waals surface area contributed by atoms with Crippen LogP contribution in [-0.4, -0.2) is 144 Å². The SMILES string of the molecule is COc1ccc(CC(=O)[C@@H](CCCN=C(N)N)NC(=O)c2cc(CC(=O)[C@@H](CCCN=C(N)N)NC(=O)c3cc(CC(=O)[C@@H](CCCN=C(N)N)NC(=O)c4cc(CC(C)=O)ccc4OC)ccc3OC)ccc2OC)cc1C(=O)NCCCN. The molecule has 0 spiro atoms. The molecule has 0 heterocycles. The minimum atomic E-state index is -1.16. The van der Waals surface area contributed by atoms with Gasteiger partial charge in [-0.2, -0.15) is 0 Å². The van der Waals surface area contributed by atoms with Gasteiger partial charge in [-0.1, -0.05) is 24.3 Å². The molecule has 0 unspecified atom stereocenters. The van der Waals surface area contributed by atoms with Crippen molar-refractivity contribution in [1.29, 1.82) is 0 Å². The molecule has 0 aromatic heterocycles. The maximum Gasteiger partial charge on any atom is 0.255 e. The number of hydrogen-bond acceptors (Lipinski definition) is 16. The number of nitrogens with two attached hydrogens (primary N) is 7. The number of Topliss-reactive ketones (excluding diaryl/α,β-unsaturated/α-hetero) is 4. The van der Waals surface area contributed by atoms with Gasteiger partial charge in [0.05, 0.1) is 68.8 Å². The van der Waals surface area contributed by atoms with Crippen LogP contribution in [0.25, 0.3) is 0 Å². The van der Waals surface area contributed by atoms with Crippen molar-refractivity contribution in [2.24, 2.45) is 55.1 Å². The van der Waals surface area contributed by atoms with Gasteiger partial charge < -0.3 is 80.4 Å². The molecular formula is C59H80N14O12. The number of methoxy groups -OCH3 is 4. The van der Waals surface area contributed by atoms with Crippen LogP contribution in [0, 0.1) is 0 Å². The zero-order chi connectivity index (χ0) is 62.6. The molecule has 3 atom stereocenters. The van der Waals surface area contributed by atoms with Crippen molar-refractivity contribution in [3.05, 3.63) is 117 Å². The second-order valence-electron chi connectivity index (χ2n) is 19.8. The summed E-state index contributed by atoms with van der Waals surface area (Å²) in [6.07, 6.45) is 1.03. The predicted octanol–water partition coefficient (Wildman–Crippen LogP) is 0.822. The molecule has 4 amide bonds. The van der Waals surface area contributed by atoms with Crippen LogP contribution in [0.3, 0.4) is 0 Å². The fourth-order valence-corrected chi connectivity index (χ4v) is 8.99. The summed E-state index contributed by atoms with van der Waals surface area (Å²) in [4.78, 5) is 122. The molecular weight excluding hydrogens is 1100 g/mol. The molecule has 0 aliphatic rings. The fourth-order valence-electron chi connectivity index (χ4n) is 8.99. The first kappa shape index (κ1) is 67.9. The third-order valence-corrected chi connectivity index (χ3v) is 13.2. The molecule has 4 aromatic rings. The molecule has 85 heavy (non-hydrogen) atoms. The van der Waals surface area contributed by atoms with Gasteiger partial charge in [-0.05, 0) is 129 Å². The van der Waals surface area contributed by atoms with Crippen molar-refractivity contribution in [3.8, 4) is 23.0 Å². The summed E-state index contributed by atoms with van der Waals surface area (Å²) in [5.41, 5.74) is 41.0. The van der Waals surface area contributed by atoms with Gasteiger partial charge in [0.15, 0.2) is 35.2 Å². The molecule has 26 nitrogen and oxygen atoms in total. The lowest BCUT2D eigenvalue weighted by Crippen LogP contribution is -2.42. The van der Waals surface area contributed by atoms with Gasteiger partial charge in [-0.25, -0.2) is 0 Å². The Morgan fingerprint density at radius 3 is 0.965 bits per heavy atom. The maximum atomic E-state index is 14.4. The lowest BCUT2D eigenvalue weighted by molar-refractivity contribution is -0.121. The van der Waals surface area contributed by atoms with Gasteiger partial charge >= 0.3 is 0 Å². The zero-order valence-electron chi connectivity index (χ0n) is 48.8. The van der Waals surface area contributed by atoms with E-state index in [4.69, 9.17) is 59.1 Å². The van der Waals surface area contributed by atoms with Crippen molar-refractivity contribution in [2.45, 2.75) is 95.7 Å². The van der Waals surface area contributed by atoms with Gasteiger partial charge in [-0.15, -0.1) is 0 Å². The monoisotopic (exact) mass is 1180 g/mol. The number of guanidine groups is 3. The van der Waals surface area contributed by atoms with E-state index in [0.717, 1.165) is 0 Å². The van der Waals surface area contributed by atoms with E-state index in [9.17, 15) is 38.4 Å². The Hall–Kier alpha value is -9.59. The lowest BCUT2D eigenvalue weighted by atomic mass is 9.96. The number of ketones is 4. The number of rotatable bonds is 37. The number of amides is 4. The largest absolute Gasteiger partial charge is 0.496 e. The Labute approximate surface area is 493 Å². The summed E-state index contributed by atoms with van der Waals surface area (Å²) in [7, 11) is 5.52. The van der Waals surface area contributed by atoms with E-state index >= 15 is 0 Å². The standard InChI is InChI=1S/C59H80N14O12/c1-34(74)26-35-13-17-50(83-3)40(27-35)54(79)71-44(11-7-23-69-58(63)64)47(76)32-37-15-19-52(85-5)42(29-37)56(81)73-45(12-8-24-70-59(65)66)48(77)33-38-16-20-51(84-4)41(30-38)55(80)72-43(10-6-22-68-57(61)62)46(75)31-36-14-18-49(82-2)39(28-36)53(78)67-25-9-21-60/h13-20,27-30,43-45H,6-12,21-26,31-33,60H2,1-5H3,(H,67,78)(H,71,79)(H,72,80)(H,73,81)(H4,61,62,68)(H4,63,64,69)(H4,65,66,70)/t43-,44-,45-/m1/s1. The Balaban J connectivity index is 1.62. The number of nitrogens with zero attached hydrogens (tertiary/aromatic N) is 3. The molecule has 0 saturated carbocycles. The third kappa shape index (κ3) is 22.3. The maximum absolute atomic E-state index is 14.4. The van der Waals surface area contributed by atoms with Crippen LogP contribution in [0.2, 0.25) is 0 Å². The second-order valence-corrected chi connectivity index (χ2v) is 19.8. The molecule has 0 fully saturated rings. The molecule has 18 N–H and O–H groups in total. The van der Waals surface area contributed by atoms with E-state index in [-0.39, 0.29) is 134 Å². The molecule has 0 aliphatic heterocycles. The van der Waals surface area contributed by atoms with Crippen LogP contribution in [-0.2, 0) is 44.9 Å². The van der Waals surface area contributed by atoms with Crippen molar-refractivity contribution in [3.63, 3.8) is 0 Å².